The number of ether oxygens (including phenoxy) is 5. The zero-order valence-corrected chi connectivity index (χ0v) is 43.3. The van der Waals surface area contributed by atoms with E-state index in [1.165, 1.54) is 19.1 Å². The molecule has 0 radical (unpaired) electrons. The molecule has 3 saturated heterocycles. The molecule has 4 aliphatic heterocycles. The van der Waals surface area contributed by atoms with Crippen LogP contribution < -0.4 is 5.32 Å². The fraction of sp³-hybridized carbons (Fsp3) is 0.698. The maximum absolute atomic E-state index is 12.7. The molecule has 0 aliphatic carbocycles. The SMILES string of the molecule is C[C@@H]1[C@H](O)[C@@H](C)/C=C/C=C/C=C/C=C/C=C/C=C/C=C/[C@H](O[C@H]2O[C@@H](C)[C@H](O)[C@@H](NC[C@]3(O)OC[C@@H](O)[C@@H](O)[C@@H]3O)[C@H]2O)C[C@@H]2O[C@](O)(C[C@@H](O)[C@H](O)CC[C@@H](O)C[C@@H](O)C[C@@H](O)CC(=O)O[C@H]1C)C[C@H](O)[C@H]2C(=O)O. The van der Waals surface area contributed by atoms with Crippen LogP contribution in [0.25, 0.3) is 0 Å². The number of carbonyl (C=O) groups is 2. The molecule has 23 atom stereocenters. The molecule has 0 aromatic heterocycles. The normalized spacial score (nSPS) is 46.8. The Labute approximate surface area is 442 Å². The Bertz CT molecular complexity index is 2000. The van der Waals surface area contributed by atoms with Gasteiger partial charge < -0.3 is 106 Å². The summed E-state index contributed by atoms with van der Waals surface area (Å²) in [6.45, 7) is 5.38. The second kappa shape index (κ2) is 30.6. The number of carbonyl (C=O) groups excluding carboxylic acids is 1. The maximum Gasteiger partial charge on any atom is 0.311 e. The first-order chi connectivity index (χ1) is 35.7. The van der Waals surface area contributed by atoms with Gasteiger partial charge in [0.25, 0.3) is 0 Å². The van der Waals surface area contributed by atoms with Gasteiger partial charge in [-0.25, -0.2) is 0 Å². The van der Waals surface area contributed by atoms with Crippen LogP contribution in [0.4, 0.5) is 0 Å². The Hall–Kier alpha value is -3.64. The van der Waals surface area contributed by atoms with Crippen molar-refractivity contribution in [1.29, 1.82) is 0 Å². The lowest BCUT2D eigenvalue weighted by atomic mass is 9.82. The highest BCUT2D eigenvalue weighted by atomic mass is 16.7. The minimum Gasteiger partial charge on any atom is -0.481 e. The molecule has 2 bridgehead atoms. The van der Waals surface area contributed by atoms with E-state index in [2.05, 4.69) is 5.32 Å². The average molecular weight is 1090 g/mol. The molecule has 4 aliphatic rings. The largest absolute Gasteiger partial charge is 0.481 e. The van der Waals surface area contributed by atoms with Crippen LogP contribution in [0.1, 0.15) is 79.1 Å². The highest BCUT2D eigenvalue weighted by Gasteiger charge is 2.53. The van der Waals surface area contributed by atoms with Gasteiger partial charge in [0.1, 0.15) is 36.4 Å². The molecular weight excluding hydrogens is 1000 g/mol. The lowest BCUT2D eigenvalue weighted by Gasteiger charge is -2.46. The number of cyclic esters (lactones) is 1. The number of hydrogen-bond donors (Lipinski definition) is 16. The summed E-state index contributed by atoms with van der Waals surface area (Å²) < 4.78 is 28.7. The number of esters is 1. The summed E-state index contributed by atoms with van der Waals surface area (Å²) in [6.07, 6.45) is -4.45. The van der Waals surface area contributed by atoms with Gasteiger partial charge in [-0.2, -0.15) is 0 Å². The van der Waals surface area contributed by atoms with Gasteiger partial charge in [-0.05, 0) is 39.5 Å². The number of allylic oxidation sites excluding steroid dienone is 12. The summed E-state index contributed by atoms with van der Waals surface area (Å²) in [4.78, 5) is 25.4. The maximum atomic E-state index is 12.7. The molecule has 76 heavy (non-hydrogen) atoms. The summed E-state index contributed by atoms with van der Waals surface area (Å²) in [5.74, 6) is -9.70. The van der Waals surface area contributed by atoms with Gasteiger partial charge in [-0.1, -0.05) is 98.9 Å². The van der Waals surface area contributed by atoms with Crippen LogP contribution in [0.5, 0.6) is 0 Å². The average Bonchev–Trinajstić information content (AvgIpc) is 3.33. The highest BCUT2D eigenvalue weighted by Crippen LogP contribution is 2.38. The molecule has 0 unspecified atom stereocenters. The third-order valence-corrected chi connectivity index (χ3v) is 14.2. The molecule has 16 N–H and O–H groups in total. The standard InChI is InChI=1S/C53H83NO22/c1-29-17-15-13-11-9-7-5-6-8-10-12-14-16-18-36(75-51-48(66)44(46(64)32(4)74-51)54-28-53(71)49(67)47(65)40(61)27-72-53)24-41-43(50(68)69)39(60)26-52(70,76-41)25-38(59)37(58)20-19-33(55)21-34(56)22-35(57)23-42(62)73-31(3)30(2)45(29)63/h5-18,29-41,43-49,51,54-61,63-67,70-71H,19-28H2,1-4H3,(H,68,69)/b6-5+,9-7+,10-8+,13-11+,14-12+,17-15+,18-16+/t29-,30-,31-,32-,33+,34+,35+,36-,37+,38+,39-,40+,41-,43+,44+,45+,46-,47+,48+,49-,51+,52+,53-/m0/s1. The van der Waals surface area contributed by atoms with Crippen molar-refractivity contribution in [3.63, 3.8) is 0 Å². The molecular formula is C53H83NO22. The second-order valence-electron chi connectivity index (χ2n) is 20.6. The van der Waals surface area contributed by atoms with Crippen molar-refractivity contribution < 1.29 is 110 Å². The molecule has 4 rings (SSSR count). The van der Waals surface area contributed by atoms with Crippen molar-refractivity contribution in [1.82, 2.24) is 5.32 Å². The van der Waals surface area contributed by atoms with E-state index in [1.54, 1.807) is 86.8 Å². The van der Waals surface area contributed by atoms with E-state index in [4.69, 9.17) is 23.7 Å². The van der Waals surface area contributed by atoms with Crippen LogP contribution >= 0.6 is 0 Å². The van der Waals surface area contributed by atoms with Crippen LogP contribution in [-0.2, 0) is 33.3 Å². The zero-order valence-electron chi connectivity index (χ0n) is 43.3. The fourth-order valence-corrected chi connectivity index (χ4v) is 9.47. The molecule has 23 heteroatoms. The van der Waals surface area contributed by atoms with Crippen LogP contribution in [0, 0.1) is 17.8 Å². The number of fused-ring (bicyclic) bond motifs is 2. The Morgan fingerprint density at radius 3 is 1.82 bits per heavy atom. The monoisotopic (exact) mass is 1090 g/mol. The van der Waals surface area contributed by atoms with E-state index < -0.39 is 184 Å². The van der Waals surface area contributed by atoms with Gasteiger partial charge >= 0.3 is 11.9 Å². The Balaban J connectivity index is 1.59. The van der Waals surface area contributed by atoms with E-state index in [0.717, 1.165) is 0 Å². The van der Waals surface area contributed by atoms with Crippen molar-refractivity contribution >= 4 is 11.9 Å². The Kier molecular flexibility index (Phi) is 26.2. The number of rotatable bonds is 6. The van der Waals surface area contributed by atoms with Crippen molar-refractivity contribution in [2.45, 2.75) is 201 Å². The minimum atomic E-state index is -2.47. The first kappa shape index (κ1) is 64.9. The minimum absolute atomic E-state index is 0.186. The summed E-state index contributed by atoms with van der Waals surface area (Å²) in [7, 11) is 0. The van der Waals surface area contributed by atoms with Gasteiger partial charge in [0.05, 0.1) is 92.8 Å². The Morgan fingerprint density at radius 2 is 1.21 bits per heavy atom. The highest BCUT2D eigenvalue weighted by molar-refractivity contribution is 5.71. The van der Waals surface area contributed by atoms with Crippen molar-refractivity contribution in [2.24, 2.45) is 17.8 Å². The van der Waals surface area contributed by atoms with Crippen LogP contribution in [-0.4, -0.2) is 223 Å². The number of aliphatic carboxylic acids is 1. The number of hydrogen-bond acceptors (Lipinski definition) is 22. The number of aliphatic hydroxyl groups excluding tert-OH is 12. The first-order valence-corrected chi connectivity index (χ1v) is 25.8. The van der Waals surface area contributed by atoms with Crippen LogP contribution in [0.15, 0.2) is 85.1 Å². The van der Waals surface area contributed by atoms with E-state index in [-0.39, 0.29) is 31.6 Å². The van der Waals surface area contributed by atoms with Crippen LogP contribution in [0.3, 0.4) is 0 Å². The fourth-order valence-electron chi connectivity index (χ4n) is 9.47. The lowest BCUT2D eigenvalue weighted by molar-refractivity contribution is -0.323. The lowest BCUT2D eigenvalue weighted by Crippen LogP contribution is -2.69. The smallest absolute Gasteiger partial charge is 0.311 e. The van der Waals surface area contributed by atoms with Gasteiger partial charge in [0.2, 0.25) is 5.79 Å². The molecule has 23 nitrogen and oxygen atoms in total. The number of nitrogens with one attached hydrogen (secondary N) is 1. The third kappa shape index (κ3) is 19.6. The van der Waals surface area contributed by atoms with Crippen LogP contribution in [0.2, 0.25) is 0 Å². The van der Waals surface area contributed by atoms with Crippen molar-refractivity contribution in [3.05, 3.63) is 85.1 Å². The Morgan fingerprint density at radius 1 is 0.645 bits per heavy atom. The predicted molar refractivity (Wildman–Crippen MR) is 270 cm³/mol. The summed E-state index contributed by atoms with van der Waals surface area (Å²) in [5.41, 5.74) is 0. The predicted octanol–water partition coefficient (Wildman–Crippen LogP) is -1.86. The molecule has 0 amide bonds. The van der Waals surface area contributed by atoms with Gasteiger partial charge in [-0.15, -0.1) is 0 Å². The van der Waals surface area contributed by atoms with E-state index in [0.29, 0.717) is 0 Å². The first-order valence-electron chi connectivity index (χ1n) is 25.8. The molecule has 0 saturated carbocycles. The van der Waals surface area contributed by atoms with Crippen molar-refractivity contribution in [3.8, 4) is 0 Å². The third-order valence-electron chi connectivity index (χ3n) is 14.2. The number of aliphatic hydroxyl groups is 14. The zero-order chi connectivity index (χ0) is 56.5. The van der Waals surface area contributed by atoms with Crippen molar-refractivity contribution in [2.75, 3.05) is 13.2 Å². The van der Waals surface area contributed by atoms with Gasteiger partial charge in [0.15, 0.2) is 12.1 Å². The molecule has 0 aromatic rings. The second-order valence-corrected chi connectivity index (χ2v) is 20.6. The molecule has 0 spiro atoms. The number of carboxylic acids is 1. The van der Waals surface area contributed by atoms with E-state index in [9.17, 15) is 86.2 Å². The topological polar surface area (TPSA) is 396 Å². The van der Waals surface area contributed by atoms with Gasteiger partial charge in [0, 0.05) is 31.1 Å². The molecule has 432 valence electrons. The van der Waals surface area contributed by atoms with E-state index >= 15 is 0 Å². The van der Waals surface area contributed by atoms with Gasteiger partial charge in [-0.3, -0.25) is 9.59 Å². The molecule has 0 aromatic carbocycles. The molecule has 3 fully saturated rings. The summed E-state index contributed by atoms with van der Waals surface area (Å²) >= 11 is 0. The summed E-state index contributed by atoms with van der Waals surface area (Å²) in [5, 5.41) is 165. The summed E-state index contributed by atoms with van der Waals surface area (Å²) in [6, 6.07) is -1.36. The number of carboxylic acid groups (broad SMARTS) is 1. The quantitative estimate of drug-likeness (QED) is 0.130. The van der Waals surface area contributed by atoms with E-state index in [1.807, 2.05) is 6.92 Å². The molecule has 4 heterocycles.